The number of carbonyl (C=O) groups is 1. The second-order valence-corrected chi connectivity index (χ2v) is 7.94. The summed E-state index contributed by atoms with van der Waals surface area (Å²) in [6, 6.07) is 8.15. The van der Waals surface area contributed by atoms with Crippen LogP contribution in [0.1, 0.15) is 40.0 Å². The number of benzene rings is 1. The van der Waals surface area contributed by atoms with E-state index in [1.165, 1.54) is 12.1 Å². The zero-order chi connectivity index (χ0) is 22.1. The highest BCUT2D eigenvalue weighted by Crippen LogP contribution is 2.24. The molecule has 1 atom stereocenters. The molecule has 1 unspecified atom stereocenters. The second kappa shape index (κ2) is 8.55. The third kappa shape index (κ3) is 4.49. The van der Waals surface area contributed by atoms with Crippen LogP contribution in [0, 0.1) is 33.5 Å². The van der Waals surface area contributed by atoms with Crippen LogP contribution in [0.25, 0.3) is 5.95 Å². The molecule has 0 bridgehead atoms. The van der Waals surface area contributed by atoms with Crippen molar-refractivity contribution in [3.05, 3.63) is 70.1 Å². The number of carbonyl (C=O) groups excluding carboxylic acids is 1. The third-order valence-corrected chi connectivity index (χ3v) is 5.59. The van der Waals surface area contributed by atoms with Crippen LogP contribution in [0.5, 0.6) is 0 Å². The summed E-state index contributed by atoms with van der Waals surface area (Å²) < 4.78 is 20.7. The van der Waals surface area contributed by atoms with E-state index in [0.717, 1.165) is 33.9 Å². The van der Waals surface area contributed by atoms with Crippen LogP contribution >= 0.6 is 0 Å². The lowest BCUT2D eigenvalue weighted by atomic mass is 10.1. The first kappa shape index (κ1) is 21.1. The van der Waals surface area contributed by atoms with Gasteiger partial charge in [-0.1, -0.05) is 12.1 Å². The normalized spacial score (nSPS) is 16.5. The molecule has 4 rings (SSSR count). The fraction of sp³-hybridized carbons (Fsp3) is 0.391. The van der Waals surface area contributed by atoms with Crippen molar-refractivity contribution in [2.24, 2.45) is 0 Å². The molecular weight excluding hydrogens is 397 g/mol. The van der Waals surface area contributed by atoms with E-state index < -0.39 is 0 Å². The minimum absolute atomic E-state index is 0.0162. The van der Waals surface area contributed by atoms with Crippen molar-refractivity contribution in [1.29, 1.82) is 0 Å². The van der Waals surface area contributed by atoms with Crippen molar-refractivity contribution < 1.29 is 13.9 Å². The molecule has 3 heterocycles. The number of hydrogen-bond acceptors (Lipinski definition) is 5. The molecule has 0 spiro atoms. The number of rotatable bonds is 4. The van der Waals surface area contributed by atoms with Crippen molar-refractivity contribution in [3.63, 3.8) is 0 Å². The Balaban J connectivity index is 1.52. The van der Waals surface area contributed by atoms with Crippen LogP contribution in [0.15, 0.2) is 30.3 Å². The molecule has 162 valence electrons. The Morgan fingerprint density at radius 3 is 2.48 bits per heavy atom. The van der Waals surface area contributed by atoms with E-state index in [9.17, 15) is 9.18 Å². The molecule has 1 fully saturated rings. The summed E-state index contributed by atoms with van der Waals surface area (Å²) in [5.41, 5.74) is 5.14. The zero-order valence-electron chi connectivity index (χ0n) is 18.2. The fourth-order valence-electron chi connectivity index (χ4n) is 3.95. The monoisotopic (exact) mass is 423 g/mol. The van der Waals surface area contributed by atoms with Crippen molar-refractivity contribution in [2.75, 3.05) is 19.7 Å². The van der Waals surface area contributed by atoms with E-state index >= 15 is 0 Å². The van der Waals surface area contributed by atoms with Gasteiger partial charge < -0.3 is 9.64 Å². The Kier molecular flexibility index (Phi) is 5.82. The van der Waals surface area contributed by atoms with Crippen LogP contribution in [0.4, 0.5) is 4.39 Å². The molecule has 0 aliphatic carbocycles. The van der Waals surface area contributed by atoms with Gasteiger partial charge in [0.15, 0.2) is 0 Å². The first-order valence-corrected chi connectivity index (χ1v) is 10.3. The Morgan fingerprint density at radius 1 is 1.13 bits per heavy atom. The topological polar surface area (TPSA) is 73.1 Å². The fourth-order valence-corrected chi connectivity index (χ4v) is 3.95. The minimum atomic E-state index is -0.289. The minimum Gasteiger partial charge on any atom is -0.370 e. The predicted molar refractivity (Wildman–Crippen MR) is 113 cm³/mol. The van der Waals surface area contributed by atoms with E-state index in [2.05, 4.69) is 15.1 Å². The lowest BCUT2D eigenvalue weighted by Crippen LogP contribution is -2.43. The number of morpholine rings is 1. The molecule has 2 aromatic heterocycles. The van der Waals surface area contributed by atoms with Crippen LogP contribution in [-0.4, -0.2) is 50.3 Å². The summed E-state index contributed by atoms with van der Waals surface area (Å²) in [5.74, 6) is 0.241. The Morgan fingerprint density at radius 2 is 1.81 bits per heavy atom. The van der Waals surface area contributed by atoms with Crippen LogP contribution in [0.2, 0.25) is 0 Å². The van der Waals surface area contributed by atoms with Gasteiger partial charge in [-0.05, 0) is 51.5 Å². The average Bonchev–Trinajstić information content (AvgIpc) is 3.02. The number of nitrogens with zero attached hydrogens (tertiary/aromatic N) is 5. The number of halogens is 1. The maximum absolute atomic E-state index is 13.2. The molecule has 3 aromatic rings. The molecule has 31 heavy (non-hydrogen) atoms. The van der Waals surface area contributed by atoms with Crippen molar-refractivity contribution in [1.82, 2.24) is 24.6 Å². The van der Waals surface area contributed by atoms with E-state index in [-0.39, 0.29) is 24.2 Å². The summed E-state index contributed by atoms with van der Waals surface area (Å²) in [7, 11) is 0. The quantitative estimate of drug-likeness (QED) is 0.645. The van der Waals surface area contributed by atoms with Gasteiger partial charge in [0.25, 0.3) is 5.95 Å². The summed E-state index contributed by atoms with van der Waals surface area (Å²) in [6.07, 6.45) is -0.00890. The third-order valence-electron chi connectivity index (χ3n) is 5.59. The highest BCUT2D eigenvalue weighted by molar-refractivity contribution is 5.79. The van der Waals surface area contributed by atoms with E-state index in [1.54, 1.807) is 21.7 Å². The molecule has 1 aliphatic heterocycles. The molecule has 8 heteroatoms. The van der Waals surface area contributed by atoms with E-state index in [1.807, 2.05) is 33.8 Å². The highest BCUT2D eigenvalue weighted by Gasteiger charge is 2.27. The summed E-state index contributed by atoms with van der Waals surface area (Å²) in [4.78, 5) is 23.9. The van der Waals surface area contributed by atoms with E-state index in [4.69, 9.17) is 4.74 Å². The van der Waals surface area contributed by atoms with Crippen molar-refractivity contribution >= 4 is 5.91 Å². The molecule has 1 saturated heterocycles. The SMILES string of the molecule is Cc1cc(C)nc(-n2nc(C)c(CC(=O)N3CCOC(c4ccc(F)cc4)C3)c2C)n1. The highest BCUT2D eigenvalue weighted by atomic mass is 19.1. The molecular formula is C23H26FN5O2. The molecule has 1 aromatic carbocycles. The standard InChI is InChI=1S/C23H26FN5O2/c1-14-11-15(2)26-23(25-14)29-17(4)20(16(3)27-29)12-22(30)28-9-10-31-21(13-28)18-5-7-19(24)8-6-18/h5-8,11,21H,9-10,12-13H2,1-4H3. The van der Waals surface area contributed by atoms with Gasteiger partial charge in [-0.15, -0.1) is 0 Å². The maximum Gasteiger partial charge on any atom is 0.251 e. The summed E-state index contributed by atoms with van der Waals surface area (Å²) >= 11 is 0. The number of amides is 1. The van der Waals surface area contributed by atoms with Crippen LogP contribution in [0.3, 0.4) is 0 Å². The van der Waals surface area contributed by atoms with Gasteiger partial charge in [0.1, 0.15) is 11.9 Å². The number of aromatic nitrogens is 4. The van der Waals surface area contributed by atoms with Gasteiger partial charge in [0.2, 0.25) is 5.91 Å². The maximum atomic E-state index is 13.2. The Hall–Kier alpha value is -3.13. The smallest absolute Gasteiger partial charge is 0.251 e. The summed E-state index contributed by atoms with van der Waals surface area (Å²) in [5, 5.41) is 4.59. The van der Waals surface area contributed by atoms with E-state index in [0.29, 0.717) is 25.6 Å². The molecule has 1 amide bonds. The Bertz CT molecular complexity index is 1090. The lowest BCUT2D eigenvalue weighted by molar-refractivity contribution is -0.138. The van der Waals surface area contributed by atoms with Crippen LogP contribution < -0.4 is 0 Å². The molecule has 0 N–H and O–H groups in total. The average molecular weight is 423 g/mol. The van der Waals surface area contributed by atoms with Crippen molar-refractivity contribution in [3.8, 4) is 5.95 Å². The molecule has 1 aliphatic rings. The number of hydrogen-bond donors (Lipinski definition) is 0. The lowest BCUT2D eigenvalue weighted by Gasteiger charge is -2.33. The zero-order valence-corrected chi connectivity index (χ0v) is 18.2. The van der Waals surface area contributed by atoms with Gasteiger partial charge in [-0.3, -0.25) is 4.79 Å². The van der Waals surface area contributed by atoms with Gasteiger partial charge >= 0.3 is 0 Å². The largest absolute Gasteiger partial charge is 0.370 e. The predicted octanol–water partition coefficient (Wildman–Crippen LogP) is 3.18. The van der Waals surface area contributed by atoms with Crippen LogP contribution in [-0.2, 0) is 16.0 Å². The van der Waals surface area contributed by atoms with Gasteiger partial charge in [-0.25, -0.2) is 19.0 Å². The molecule has 7 nitrogen and oxygen atoms in total. The first-order chi connectivity index (χ1) is 14.8. The number of aryl methyl sites for hydroxylation is 3. The molecule has 0 radical (unpaired) electrons. The van der Waals surface area contributed by atoms with Gasteiger partial charge in [0, 0.05) is 29.2 Å². The Labute approximate surface area is 180 Å². The first-order valence-electron chi connectivity index (χ1n) is 10.3. The van der Waals surface area contributed by atoms with Crippen molar-refractivity contribution in [2.45, 2.75) is 40.2 Å². The van der Waals surface area contributed by atoms with Gasteiger partial charge in [0.05, 0.1) is 25.3 Å². The molecule has 0 saturated carbocycles. The second-order valence-electron chi connectivity index (χ2n) is 7.94. The summed E-state index contributed by atoms with van der Waals surface area (Å²) in [6.45, 7) is 9.09. The number of ether oxygens (including phenoxy) is 1. The van der Waals surface area contributed by atoms with Gasteiger partial charge in [-0.2, -0.15) is 5.10 Å².